The molecule has 5 nitrogen and oxygen atoms in total. The Kier molecular flexibility index (Phi) is 5.59. The molecule has 5 heteroatoms. The maximum absolute atomic E-state index is 13.0. The van der Waals surface area contributed by atoms with Gasteiger partial charge in [0.25, 0.3) is 5.91 Å². The van der Waals surface area contributed by atoms with Crippen molar-refractivity contribution in [1.29, 1.82) is 0 Å². The summed E-state index contributed by atoms with van der Waals surface area (Å²) in [6.07, 6.45) is 2.51. The van der Waals surface area contributed by atoms with Gasteiger partial charge < -0.3 is 19.5 Å². The zero-order valence-electron chi connectivity index (χ0n) is 16.4. The number of rotatable bonds is 6. The van der Waals surface area contributed by atoms with Crippen molar-refractivity contribution in [3.63, 3.8) is 0 Å². The maximum Gasteiger partial charge on any atom is 0.252 e. The predicted octanol–water partition coefficient (Wildman–Crippen LogP) is 4.52. The van der Waals surface area contributed by atoms with Crippen molar-refractivity contribution in [1.82, 2.24) is 5.32 Å². The van der Waals surface area contributed by atoms with E-state index in [1.165, 1.54) is 0 Å². The molecule has 0 spiro atoms. The topological polar surface area (TPSA) is 56.8 Å². The van der Waals surface area contributed by atoms with Gasteiger partial charge in [-0.2, -0.15) is 0 Å². The van der Waals surface area contributed by atoms with Crippen molar-refractivity contribution in [3.8, 4) is 17.2 Å². The lowest BCUT2D eigenvalue weighted by atomic mass is 9.83. The molecule has 0 aromatic heterocycles. The lowest BCUT2D eigenvalue weighted by Gasteiger charge is -2.41. The average molecular weight is 369 g/mol. The molecule has 0 fully saturated rings. The van der Waals surface area contributed by atoms with E-state index in [4.69, 9.17) is 14.2 Å². The van der Waals surface area contributed by atoms with Crippen LogP contribution in [0.25, 0.3) is 0 Å². The number of fused-ring (bicyclic) bond motifs is 1. The molecule has 1 heterocycles. The molecule has 2 aromatic carbocycles. The first-order chi connectivity index (χ1) is 13.0. The van der Waals surface area contributed by atoms with E-state index in [0.29, 0.717) is 17.1 Å². The molecule has 1 N–H and O–H groups in total. The van der Waals surface area contributed by atoms with Gasteiger partial charge >= 0.3 is 0 Å². The summed E-state index contributed by atoms with van der Waals surface area (Å²) < 4.78 is 16.9. The van der Waals surface area contributed by atoms with E-state index < -0.39 is 0 Å². The first kappa shape index (κ1) is 19.1. The highest BCUT2D eigenvalue weighted by Crippen LogP contribution is 2.42. The Morgan fingerprint density at radius 3 is 2.33 bits per heavy atom. The van der Waals surface area contributed by atoms with Gasteiger partial charge in [-0.3, -0.25) is 4.79 Å². The molecular weight excluding hydrogens is 342 g/mol. The molecule has 0 bridgehead atoms. The molecule has 3 rings (SSSR count). The van der Waals surface area contributed by atoms with Crippen LogP contribution in [0, 0.1) is 0 Å². The van der Waals surface area contributed by atoms with Gasteiger partial charge in [-0.15, -0.1) is 0 Å². The highest BCUT2D eigenvalue weighted by molar-refractivity contribution is 5.95. The van der Waals surface area contributed by atoms with Gasteiger partial charge in [0, 0.05) is 23.6 Å². The van der Waals surface area contributed by atoms with Crippen LogP contribution in [0.15, 0.2) is 42.5 Å². The number of carbonyl (C=O) groups is 1. The number of carbonyl (C=O) groups excluding carboxylic acids is 1. The van der Waals surface area contributed by atoms with Crippen molar-refractivity contribution in [2.45, 2.75) is 44.8 Å². The molecule has 0 radical (unpaired) electrons. The Labute approximate surface area is 160 Å². The summed E-state index contributed by atoms with van der Waals surface area (Å²) in [6.45, 7) is 4.26. The van der Waals surface area contributed by atoms with Crippen molar-refractivity contribution < 1.29 is 19.0 Å². The van der Waals surface area contributed by atoms with Gasteiger partial charge in [0.1, 0.15) is 22.8 Å². The Morgan fingerprint density at radius 1 is 1.11 bits per heavy atom. The minimum Gasteiger partial charge on any atom is -0.497 e. The number of methoxy groups -OCH3 is 2. The van der Waals surface area contributed by atoms with Crippen LogP contribution in [0.3, 0.4) is 0 Å². The van der Waals surface area contributed by atoms with Crippen molar-refractivity contribution >= 4 is 5.91 Å². The minimum atomic E-state index is -0.266. The average Bonchev–Trinajstić information content (AvgIpc) is 2.72. The number of benzene rings is 2. The van der Waals surface area contributed by atoms with Crippen molar-refractivity contribution in [2.75, 3.05) is 14.2 Å². The SMILES string of the molecule is CCC1(CC)CC(NC(=O)c2cc(OC)cc(OC)c2)c2ccccc2O1. The van der Waals surface area contributed by atoms with E-state index in [9.17, 15) is 4.79 Å². The highest BCUT2D eigenvalue weighted by atomic mass is 16.5. The van der Waals surface area contributed by atoms with Gasteiger partial charge in [0.05, 0.1) is 20.3 Å². The highest BCUT2D eigenvalue weighted by Gasteiger charge is 2.39. The molecule has 144 valence electrons. The lowest BCUT2D eigenvalue weighted by molar-refractivity contribution is 0.0227. The third kappa shape index (κ3) is 3.87. The van der Waals surface area contributed by atoms with Crippen LogP contribution in [0.4, 0.5) is 0 Å². The van der Waals surface area contributed by atoms with Crippen LogP contribution in [0.1, 0.15) is 55.1 Å². The van der Waals surface area contributed by atoms with E-state index in [1.807, 2.05) is 24.3 Å². The zero-order chi connectivity index (χ0) is 19.4. The Hall–Kier alpha value is -2.69. The molecule has 1 unspecified atom stereocenters. The molecule has 1 atom stereocenters. The van der Waals surface area contributed by atoms with Crippen molar-refractivity contribution in [2.24, 2.45) is 0 Å². The van der Waals surface area contributed by atoms with E-state index in [-0.39, 0.29) is 17.6 Å². The summed E-state index contributed by atoms with van der Waals surface area (Å²) in [4.78, 5) is 13.0. The lowest BCUT2D eigenvalue weighted by Crippen LogP contribution is -2.44. The largest absolute Gasteiger partial charge is 0.497 e. The number of ether oxygens (including phenoxy) is 3. The fraction of sp³-hybridized carbons (Fsp3) is 0.409. The van der Waals surface area contributed by atoms with Crippen LogP contribution < -0.4 is 19.5 Å². The zero-order valence-corrected chi connectivity index (χ0v) is 16.4. The van der Waals surface area contributed by atoms with Gasteiger partial charge in [0.15, 0.2) is 0 Å². The molecule has 0 aliphatic carbocycles. The van der Waals surface area contributed by atoms with Gasteiger partial charge in [-0.25, -0.2) is 0 Å². The number of hydrogen-bond donors (Lipinski definition) is 1. The third-order valence-corrected chi connectivity index (χ3v) is 5.40. The number of amides is 1. The first-order valence-corrected chi connectivity index (χ1v) is 9.36. The molecule has 0 saturated carbocycles. The fourth-order valence-electron chi connectivity index (χ4n) is 3.61. The summed E-state index contributed by atoms with van der Waals surface area (Å²) in [5.41, 5.74) is 1.25. The van der Waals surface area contributed by atoms with Crippen LogP contribution in [0.2, 0.25) is 0 Å². The molecule has 2 aromatic rings. The molecule has 1 amide bonds. The summed E-state index contributed by atoms with van der Waals surface area (Å²) in [5, 5.41) is 3.19. The van der Waals surface area contributed by atoms with Crippen LogP contribution in [-0.2, 0) is 0 Å². The number of hydrogen-bond acceptors (Lipinski definition) is 4. The molecule has 27 heavy (non-hydrogen) atoms. The monoisotopic (exact) mass is 369 g/mol. The predicted molar refractivity (Wildman–Crippen MR) is 105 cm³/mol. The Morgan fingerprint density at radius 2 is 1.74 bits per heavy atom. The quantitative estimate of drug-likeness (QED) is 0.814. The summed E-state index contributed by atoms with van der Waals surface area (Å²) in [5.74, 6) is 1.86. The van der Waals surface area contributed by atoms with Crippen LogP contribution in [-0.4, -0.2) is 25.7 Å². The van der Waals surface area contributed by atoms with E-state index in [1.54, 1.807) is 32.4 Å². The smallest absolute Gasteiger partial charge is 0.252 e. The van der Waals surface area contributed by atoms with Gasteiger partial charge in [-0.05, 0) is 31.0 Å². The molecule has 1 aliphatic heterocycles. The van der Waals surface area contributed by atoms with E-state index >= 15 is 0 Å². The van der Waals surface area contributed by atoms with Gasteiger partial charge in [0.2, 0.25) is 0 Å². The Balaban J connectivity index is 1.91. The minimum absolute atomic E-state index is 0.112. The fourth-order valence-corrected chi connectivity index (χ4v) is 3.61. The van der Waals surface area contributed by atoms with E-state index in [0.717, 1.165) is 30.6 Å². The van der Waals surface area contributed by atoms with Crippen LogP contribution >= 0.6 is 0 Å². The van der Waals surface area contributed by atoms with Crippen LogP contribution in [0.5, 0.6) is 17.2 Å². The van der Waals surface area contributed by atoms with Gasteiger partial charge in [-0.1, -0.05) is 32.0 Å². The third-order valence-electron chi connectivity index (χ3n) is 5.40. The molecule has 0 saturated heterocycles. The maximum atomic E-state index is 13.0. The second kappa shape index (κ2) is 7.91. The summed E-state index contributed by atoms with van der Waals surface area (Å²) >= 11 is 0. The Bertz CT molecular complexity index is 791. The summed E-state index contributed by atoms with van der Waals surface area (Å²) in [6, 6.07) is 13.0. The van der Waals surface area contributed by atoms with Crippen molar-refractivity contribution in [3.05, 3.63) is 53.6 Å². The first-order valence-electron chi connectivity index (χ1n) is 9.36. The second-order valence-corrected chi connectivity index (χ2v) is 6.86. The normalized spacial score (nSPS) is 17.4. The molecule has 1 aliphatic rings. The number of para-hydroxylation sites is 1. The molecular formula is C22H27NO4. The summed E-state index contributed by atoms with van der Waals surface area (Å²) in [7, 11) is 3.14. The van der Waals surface area contributed by atoms with E-state index in [2.05, 4.69) is 19.2 Å². The second-order valence-electron chi connectivity index (χ2n) is 6.86. The standard InChI is InChI=1S/C22H27NO4/c1-5-22(6-2)14-19(18-9-7-8-10-20(18)27-22)23-21(24)15-11-16(25-3)13-17(12-15)26-4/h7-13,19H,5-6,14H2,1-4H3,(H,23,24). The number of nitrogens with one attached hydrogen (secondary N) is 1.